The summed E-state index contributed by atoms with van der Waals surface area (Å²) in [6, 6.07) is 4.85. The van der Waals surface area contributed by atoms with Crippen molar-refractivity contribution in [1.29, 1.82) is 0 Å². The molecule has 2 rings (SSSR count). The van der Waals surface area contributed by atoms with E-state index in [1.54, 1.807) is 23.8 Å². The Morgan fingerprint density at radius 3 is 3.00 bits per heavy atom. The van der Waals surface area contributed by atoms with Gasteiger partial charge in [-0.3, -0.25) is 9.78 Å². The van der Waals surface area contributed by atoms with Gasteiger partial charge in [-0.1, -0.05) is 0 Å². The Bertz CT molecular complexity index is 528. The van der Waals surface area contributed by atoms with Crippen LogP contribution in [0.2, 0.25) is 0 Å². The Morgan fingerprint density at radius 1 is 1.53 bits per heavy atom. The molecule has 0 atom stereocenters. The Morgan fingerprint density at radius 2 is 2.35 bits per heavy atom. The van der Waals surface area contributed by atoms with Gasteiger partial charge in [0.15, 0.2) is 0 Å². The van der Waals surface area contributed by atoms with Gasteiger partial charge in [0.2, 0.25) is 0 Å². The summed E-state index contributed by atoms with van der Waals surface area (Å²) in [6.07, 6.45) is 1.72. The number of phenols is 1. The number of aromatic hydroxyl groups is 1. The summed E-state index contributed by atoms with van der Waals surface area (Å²) in [4.78, 5) is 16.7. The molecule has 6 heteroatoms. The average molecular weight is 360 g/mol. The molecule has 1 aromatic carbocycles. The monoisotopic (exact) mass is 360 g/mol. The Balaban J connectivity index is 2.02. The van der Waals surface area contributed by atoms with Crippen LogP contribution in [0.3, 0.4) is 0 Å². The highest BCUT2D eigenvalue weighted by molar-refractivity contribution is 14.1. The van der Waals surface area contributed by atoms with Crippen LogP contribution in [-0.4, -0.2) is 16.0 Å². The average Bonchev–Trinajstić information content (AvgIpc) is 2.82. The fourth-order valence-electron chi connectivity index (χ4n) is 1.25. The molecule has 0 unspecified atom stereocenters. The van der Waals surface area contributed by atoms with E-state index in [0.29, 0.717) is 12.1 Å². The van der Waals surface area contributed by atoms with Gasteiger partial charge in [-0.2, -0.15) is 0 Å². The van der Waals surface area contributed by atoms with E-state index >= 15 is 0 Å². The summed E-state index contributed by atoms with van der Waals surface area (Å²) in [5.74, 6) is -0.0823. The zero-order chi connectivity index (χ0) is 12.3. The van der Waals surface area contributed by atoms with Crippen molar-refractivity contribution in [2.24, 2.45) is 0 Å². The van der Waals surface area contributed by atoms with E-state index in [2.05, 4.69) is 10.3 Å². The summed E-state index contributed by atoms with van der Waals surface area (Å²) in [7, 11) is 0. The van der Waals surface area contributed by atoms with Crippen molar-refractivity contribution >= 4 is 39.8 Å². The normalized spacial score (nSPS) is 10.2. The number of nitrogens with one attached hydrogen (secondary N) is 1. The molecular formula is C11H9IN2O2S. The van der Waals surface area contributed by atoms with Crippen molar-refractivity contribution in [3.8, 4) is 5.75 Å². The molecule has 1 amide bonds. The molecule has 0 fully saturated rings. The van der Waals surface area contributed by atoms with E-state index in [-0.39, 0.29) is 11.7 Å². The third-order valence-corrected chi connectivity index (χ3v) is 3.81. The second-order valence-electron chi connectivity index (χ2n) is 3.32. The lowest BCUT2D eigenvalue weighted by Crippen LogP contribution is -2.22. The maximum absolute atomic E-state index is 11.8. The first-order valence-electron chi connectivity index (χ1n) is 4.81. The van der Waals surface area contributed by atoms with Crippen LogP contribution in [0.4, 0.5) is 0 Å². The van der Waals surface area contributed by atoms with Crippen molar-refractivity contribution in [2.45, 2.75) is 6.54 Å². The van der Waals surface area contributed by atoms with Gasteiger partial charge in [0, 0.05) is 16.6 Å². The molecule has 0 aliphatic heterocycles. The molecule has 0 aliphatic rings. The number of benzene rings is 1. The second-order valence-corrected chi connectivity index (χ2v) is 5.45. The van der Waals surface area contributed by atoms with E-state index in [9.17, 15) is 9.90 Å². The molecule has 1 heterocycles. The number of thiazole rings is 1. The molecule has 2 aromatic rings. The van der Waals surface area contributed by atoms with Crippen molar-refractivity contribution in [3.05, 3.63) is 43.9 Å². The minimum Gasteiger partial charge on any atom is -0.507 e. The van der Waals surface area contributed by atoms with Crippen LogP contribution < -0.4 is 5.32 Å². The fraction of sp³-hybridized carbons (Fsp3) is 0.0909. The first-order chi connectivity index (χ1) is 8.16. The molecule has 0 radical (unpaired) electrons. The van der Waals surface area contributed by atoms with Gasteiger partial charge < -0.3 is 10.4 Å². The highest BCUT2D eigenvalue weighted by Crippen LogP contribution is 2.20. The fourth-order valence-corrected chi connectivity index (χ4v) is 2.12. The van der Waals surface area contributed by atoms with Crippen LogP contribution in [0.1, 0.15) is 15.2 Å². The minimum atomic E-state index is -0.204. The van der Waals surface area contributed by atoms with Crippen LogP contribution in [0.25, 0.3) is 0 Å². The number of halogens is 1. The van der Waals surface area contributed by atoms with Crippen molar-refractivity contribution in [3.63, 3.8) is 0 Å². The predicted octanol–water partition coefficient (Wildman–Crippen LogP) is 2.38. The van der Waals surface area contributed by atoms with Gasteiger partial charge in [-0.15, -0.1) is 11.3 Å². The largest absolute Gasteiger partial charge is 0.507 e. The molecule has 0 bridgehead atoms. The quantitative estimate of drug-likeness (QED) is 0.827. The Kier molecular flexibility index (Phi) is 3.95. The van der Waals surface area contributed by atoms with Crippen LogP contribution in [0, 0.1) is 3.57 Å². The van der Waals surface area contributed by atoms with Crippen LogP contribution in [0.5, 0.6) is 5.75 Å². The summed E-state index contributed by atoms with van der Waals surface area (Å²) in [6.45, 7) is 0.455. The standard InChI is InChI=1S/C11H9IN2O2S/c12-9-2-1-7(3-10(9)15)11(16)14-5-8-4-13-6-17-8/h1-4,6,15H,5H2,(H,14,16). The van der Waals surface area contributed by atoms with E-state index in [4.69, 9.17) is 0 Å². The lowest BCUT2D eigenvalue weighted by atomic mass is 10.2. The van der Waals surface area contributed by atoms with Crippen molar-refractivity contribution < 1.29 is 9.90 Å². The first kappa shape index (κ1) is 12.3. The number of phenolic OH excluding ortho intramolecular Hbond substituents is 1. The highest BCUT2D eigenvalue weighted by atomic mass is 127. The lowest BCUT2D eigenvalue weighted by Gasteiger charge is -2.04. The molecule has 88 valence electrons. The minimum absolute atomic E-state index is 0.121. The predicted molar refractivity (Wildman–Crippen MR) is 74.1 cm³/mol. The van der Waals surface area contributed by atoms with Crippen molar-refractivity contribution in [2.75, 3.05) is 0 Å². The van der Waals surface area contributed by atoms with Crippen molar-refractivity contribution in [1.82, 2.24) is 10.3 Å². The molecule has 2 N–H and O–H groups in total. The Labute approximate surface area is 116 Å². The number of carbonyl (C=O) groups excluding carboxylic acids is 1. The number of rotatable bonds is 3. The third kappa shape index (κ3) is 3.16. The van der Waals surface area contributed by atoms with E-state index in [1.165, 1.54) is 17.4 Å². The van der Waals surface area contributed by atoms with Crippen LogP contribution in [-0.2, 0) is 6.54 Å². The highest BCUT2D eigenvalue weighted by Gasteiger charge is 2.08. The smallest absolute Gasteiger partial charge is 0.251 e. The zero-order valence-electron chi connectivity index (χ0n) is 8.68. The van der Waals surface area contributed by atoms with Gasteiger partial charge in [0.05, 0.1) is 15.6 Å². The van der Waals surface area contributed by atoms with E-state index in [1.807, 2.05) is 22.6 Å². The molecule has 0 saturated heterocycles. The lowest BCUT2D eigenvalue weighted by molar-refractivity contribution is 0.0951. The number of aromatic nitrogens is 1. The van der Waals surface area contributed by atoms with E-state index < -0.39 is 0 Å². The SMILES string of the molecule is O=C(NCc1cncs1)c1ccc(I)c(O)c1. The summed E-state index contributed by atoms with van der Waals surface area (Å²) >= 11 is 3.50. The van der Waals surface area contributed by atoms with Crippen LogP contribution in [0.15, 0.2) is 29.9 Å². The maximum Gasteiger partial charge on any atom is 0.251 e. The molecule has 0 spiro atoms. The van der Waals surface area contributed by atoms with Gasteiger partial charge >= 0.3 is 0 Å². The maximum atomic E-state index is 11.8. The van der Waals surface area contributed by atoms with E-state index in [0.717, 1.165) is 8.45 Å². The van der Waals surface area contributed by atoms with Gasteiger partial charge in [0.1, 0.15) is 5.75 Å². The topological polar surface area (TPSA) is 62.2 Å². The molecule has 0 aliphatic carbocycles. The molecule has 1 aromatic heterocycles. The number of hydrogen-bond donors (Lipinski definition) is 2. The number of carbonyl (C=O) groups is 1. The van der Waals surface area contributed by atoms with Crippen LogP contribution >= 0.6 is 33.9 Å². The van der Waals surface area contributed by atoms with Gasteiger partial charge in [0.25, 0.3) is 5.91 Å². The third-order valence-electron chi connectivity index (χ3n) is 2.11. The Hall–Kier alpha value is -1.15. The molecule has 4 nitrogen and oxygen atoms in total. The molecule has 17 heavy (non-hydrogen) atoms. The van der Waals surface area contributed by atoms with Gasteiger partial charge in [-0.25, -0.2) is 0 Å². The molecular weight excluding hydrogens is 351 g/mol. The second kappa shape index (κ2) is 5.46. The zero-order valence-corrected chi connectivity index (χ0v) is 11.7. The van der Waals surface area contributed by atoms with Gasteiger partial charge in [-0.05, 0) is 40.8 Å². The number of nitrogens with zero attached hydrogens (tertiary/aromatic N) is 1. The number of hydrogen-bond acceptors (Lipinski definition) is 4. The summed E-state index contributed by atoms with van der Waals surface area (Å²) < 4.78 is 0.724. The first-order valence-corrected chi connectivity index (χ1v) is 6.77. The summed E-state index contributed by atoms with van der Waals surface area (Å²) in [5.41, 5.74) is 2.17. The number of amides is 1. The summed E-state index contributed by atoms with van der Waals surface area (Å²) in [5, 5.41) is 12.3. The molecule has 0 saturated carbocycles.